The van der Waals surface area contributed by atoms with Gasteiger partial charge in [-0.15, -0.1) is 0 Å². The summed E-state index contributed by atoms with van der Waals surface area (Å²) in [6, 6.07) is 9.81. The molecule has 1 unspecified atom stereocenters. The first kappa shape index (κ1) is 20.5. The molecule has 1 fully saturated rings. The monoisotopic (exact) mass is 401 g/mol. The summed E-state index contributed by atoms with van der Waals surface area (Å²) in [5.74, 6) is 1.17. The normalized spacial score (nSPS) is 15.6. The van der Waals surface area contributed by atoms with Gasteiger partial charge in [-0.1, -0.05) is 19.1 Å². The topological polar surface area (TPSA) is 64.5 Å². The number of benzene rings is 1. The fraction of sp³-hybridized carbons (Fsp3) is 0.476. The highest BCUT2D eigenvalue weighted by Gasteiger charge is 2.37. The number of aromatic nitrogens is 2. The summed E-state index contributed by atoms with van der Waals surface area (Å²) in [5.41, 5.74) is 1.04. The summed E-state index contributed by atoms with van der Waals surface area (Å²) in [5, 5.41) is 0.601. The molecule has 6 nitrogen and oxygen atoms in total. The Morgan fingerprint density at radius 3 is 2.54 bits per heavy atom. The first-order valence-electron chi connectivity index (χ1n) is 9.49. The number of hydrogen-bond acceptors (Lipinski definition) is 7. The van der Waals surface area contributed by atoms with Crippen LogP contribution in [0.25, 0.3) is 0 Å². The molecule has 150 valence electrons. The standard InChI is InChI=1S/C21H27N3O3S/c1-5-21(2,19(25)27-4)18-12-13-22-20(23-18)24(28-17-10-11-17)14-15-6-8-16(26-3)9-7-15/h6-9,12-13,17H,5,10-11,14H2,1-4H3. The molecule has 1 aliphatic rings. The molecule has 0 bridgehead atoms. The summed E-state index contributed by atoms with van der Waals surface area (Å²) in [6.07, 6.45) is 4.74. The molecule has 0 spiro atoms. The van der Waals surface area contributed by atoms with Crippen molar-refractivity contribution in [2.45, 2.75) is 50.3 Å². The van der Waals surface area contributed by atoms with E-state index >= 15 is 0 Å². The van der Waals surface area contributed by atoms with Crippen molar-refractivity contribution in [2.24, 2.45) is 0 Å². The van der Waals surface area contributed by atoms with E-state index in [1.807, 2.05) is 38.1 Å². The Labute approximate surface area is 170 Å². The van der Waals surface area contributed by atoms with Gasteiger partial charge in [-0.05, 0) is 61.9 Å². The van der Waals surface area contributed by atoms with E-state index in [0.717, 1.165) is 11.3 Å². The molecule has 1 atom stereocenters. The minimum atomic E-state index is -0.789. The third-order valence-corrected chi connectivity index (χ3v) is 6.38. The lowest BCUT2D eigenvalue weighted by Gasteiger charge is -2.27. The minimum Gasteiger partial charge on any atom is -0.497 e. The molecule has 1 aromatic heterocycles. The average molecular weight is 402 g/mol. The molecule has 0 N–H and O–H groups in total. The van der Waals surface area contributed by atoms with Gasteiger partial charge >= 0.3 is 5.97 Å². The van der Waals surface area contributed by atoms with Crippen LogP contribution in [0, 0.1) is 0 Å². The van der Waals surface area contributed by atoms with Crippen molar-refractivity contribution in [2.75, 3.05) is 18.5 Å². The second-order valence-electron chi connectivity index (χ2n) is 7.11. The van der Waals surface area contributed by atoms with Crippen molar-refractivity contribution in [1.29, 1.82) is 0 Å². The van der Waals surface area contributed by atoms with Crippen LogP contribution < -0.4 is 9.04 Å². The number of hydrogen-bond donors (Lipinski definition) is 0. The number of carbonyl (C=O) groups is 1. The number of carbonyl (C=O) groups excluding carboxylic acids is 1. The van der Waals surface area contributed by atoms with E-state index in [2.05, 4.69) is 9.29 Å². The fourth-order valence-corrected chi connectivity index (χ4v) is 3.95. The van der Waals surface area contributed by atoms with Gasteiger partial charge in [-0.2, -0.15) is 0 Å². The van der Waals surface area contributed by atoms with Crippen molar-refractivity contribution in [1.82, 2.24) is 9.97 Å². The Bertz CT molecular complexity index is 811. The lowest BCUT2D eigenvalue weighted by atomic mass is 9.84. The average Bonchev–Trinajstić information content (AvgIpc) is 3.56. The van der Waals surface area contributed by atoms with Crippen LogP contribution in [0.4, 0.5) is 5.95 Å². The predicted molar refractivity (Wildman–Crippen MR) is 111 cm³/mol. The van der Waals surface area contributed by atoms with Gasteiger partial charge in [0.15, 0.2) is 0 Å². The van der Waals surface area contributed by atoms with Crippen LogP contribution in [0.15, 0.2) is 36.5 Å². The fourth-order valence-electron chi connectivity index (χ4n) is 2.84. The van der Waals surface area contributed by atoms with Gasteiger partial charge in [-0.25, -0.2) is 9.97 Å². The molecule has 0 saturated heterocycles. The molecule has 0 aliphatic heterocycles. The Kier molecular flexibility index (Phi) is 6.44. The van der Waals surface area contributed by atoms with Crippen LogP contribution in [0.2, 0.25) is 0 Å². The molecule has 7 heteroatoms. The minimum absolute atomic E-state index is 0.281. The third kappa shape index (κ3) is 4.58. The van der Waals surface area contributed by atoms with Gasteiger partial charge < -0.3 is 9.47 Å². The highest BCUT2D eigenvalue weighted by atomic mass is 32.2. The summed E-state index contributed by atoms with van der Waals surface area (Å²) in [7, 11) is 3.08. The van der Waals surface area contributed by atoms with E-state index < -0.39 is 5.41 Å². The Morgan fingerprint density at radius 1 is 1.25 bits per heavy atom. The first-order valence-corrected chi connectivity index (χ1v) is 10.3. The van der Waals surface area contributed by atoms with Crippen molar-refractivity contribution < 1.29 is 14.3 Å². The van der Waals surface area contributed by atoms with Gasteiger partial charge in [-0.3, -0.25) is 9.10 Å². The number of ether oxygens (including phenoxy) is 2. The molecule has 0 amide bonds. The lowest BCUT2D eigenvalue weighted by molar-refractivity contribution is -0.147. The quantitative estimate of drug-likeness (QED) is 0.462. The van der Waals surface area contributed by atoms with E-state index in [1.165, 1.54) is 20.0 Å². The van der Waals surface area contributed by atoms with Crippen LogP contribution in [0.1, 0.15) is 44.4 Å². The smallest absolute Gasteiger partial charge is 0.317 e. The lowest BCUT2D eigenvalue weighted by Crippen LogP contribution is -2.34. The van der Waals surface area contributed by atoms with Gasteiger partial charge in [0, 0.05) is 11.4 Å². The van der Waals surface area contributed by atoms with Gasteiger partial charge in [0.1, 0.15) is 11.2 Å². The molecule has 0 radical (unpaired) electrons. The highest BCUT2D eigenvalue weighted by molar-refractivity contribution is 8.01. The zero-order chi connectivity index (χ0) is 20.1. The number of methoxy groups -OCH3 is 2. The van der Waals surface area contributed by atoms with E-state index in [1.54, 1.807) is 31.3 Å². The Morgan fingerprint density at radius 2 is 1.96 bits per heavy atom. The van der Waals surface area contributed by atoms with Crippen molar-refractivity contribution in [3.63, 3.8) is 0 Å². The predicted octanol–water partition coefficient (Wildman–Crippen LogP) is 4.14. The third-order valence-electron chi connectivity index (χ3n) is 5.06. The Hall–Kier alpha value is -2.28. The molecule has 1 aromatic carbocycles. The van der Waals surface area contributed by atoms with Crippen LogP contribution >= 0.6 is 11.9 Å². The zero-order valence-electron chi connectivity index (χ0n) is 16.8. The maximum atomic E-state index is 12.4. The maximum Gasteiger partial charge on any atom is 0.317 e. The van der Waals surface area contributed by atoms with Gasteiger partial charge in [0.25, 0.3) is 0 Å². The summed E-state index contributed by atoms with van der Waals surface area (Å²) in [6.45, 7) is 4.51. The maximum absolute atomic E-state index is 12.4. The van der Waals surface area contributed by atoms with Crippen molar-refractivity contribution >= 4 is 23.9 Å². The molecule has 1 aliphatic carbocycles. The second-order valence-corrected chi connectivity index (χ2v) is 8.43. The SMILES string of the molecule is CCC(C)(C(=O)OC)c1ccnc(N(Cc2ccc(OC)cc2)SC2CC2)n1. The van der Waals surface area contributed by atoms with E-state index in [4.69, 9.17) is 14.5 Å². The summed E-state index contributed by atoms with van der Waals surface area (Å²) in [4.78, 5) is 21.6. The number of anilines is 1. The van der Waals surface area contributed by atoms with E-state index in [-0.39, 0.29) is 5.97 Å². The van der Waals surface area contributed by atoms with Crippen molar-refractivity contribution in [3.05, 3.63) is 47.8 Å². The molecular formula is C21H27N3O3S. The first-order chi connectivity index (χ1) is 13.5. The van der Waals surface area contributed by atoms with Crippen molar-refractivity contribution in [3.8, 4) is 5.75 Å². The molecule has 28 heavy (non-hydrogen) atoms. The number of nitrogens with zero attached hydrogens (tertiary/aromatic N) is 3. The second kappa shape index (κ2) is 8.82. The summed E-state index contributed by atoms with van der Waals surface area (Å²) >= 11 is 1.77. The van der Waals surface area contributed by atoms with E-state index in [0.29, 0.717) is 29.9 Å². The summed E-state index contributed by atoms with van der Waals surface area (Å²) < 4.78 is 12.4. The van der Waals surface area contributed by atoms with Crippen LogP contribution in [0.3, 0.4) is 0 Å². The Balaban J connectivity index is 1.88. The number of rotatable bonds is 9. The largest absolute Gasteiger partial charge is 0.497 e. The van der Waals surface area contributed by atoms with Crippen LogP contribution in [-0.2, 0) is 21.5 Å². The van der Waals surface area contributed by atoms with Gasteiger partial charge in [0.05, 0.1) is 26.5 Å². The molecular weight excluding hydrogens is 374 g/mol. The zero-order valence-corrected chi connectivity index (χ0v) is 17.7. The number of esters is 1. The van der Waals surface area contributed by atoms with Crippen LogP contribution in [0.5, 0.6) is 5.75 Å². The highest BCUT2D eigenvalue weighted by Crippen LogP contribution is 2.39. The van der Waals surface area contributed by atoms with Gasteiger partial charge in [0.2, 0.25) is 5.95 Å². The molecule has 2 aromatic rings. The molecule has 1 saturated carbocycles. The molecule has 1 heterocycles. The van der Waals surface area contributed by atoms with Crippen LogP contribution in [-0.4, -0.2) is 35.4 Å². The van der Waals surface area contributed by atoms with E-state index in [9.17, 15) is 4.79 Å². The molecule has 3 rings (SSSR count).